The van der Waals surface area contributed by atoms with Crippen molar-refractivity contribution in [3.05, 3.63) is 45.3 Å². The monoisotopic (exact) mass is 349 g/mol. The van der Waals surface area contributed by atoms with E-state index in [0.29, 0.717) is 4.90 Å². The normalized spacial score (nSPS) is 12.0. The quantitative estimate of drug-likeness (QED) is 0.901. The van der Waals surface area contributed by atoms with E-state index in [9.17, 15) is 8.42 Å². The van der Waals surface area contributed by atoms with Crippen molar-refractivity contribution in [1.29, 1.82) is 0 Å². The van der Waals surface area contributed by atoms with Gasteiger partial charge in [0.15, 0.2) is 0 Å². The molecule has 1 N–H and O–H groups in total. The van der Waals surface area contributed by atoms with Crippen LogP contribution < -0.4 is 4.72 Å². The maximum Gasteiger partial charge on any atom is 0.241 e. The van der Waals surface area contributed by atoms with Crippen LogP contribution in [-0.4, -0.2) is 18.2 Å². The van der Waals surface area contributed by atoms with E-state index < -0.39 is 10.0 Å². The molecule has 2 aromatic rings. The van der Waals surface area contributed by atoms with Gasteiger partial charge in [0.25, 0.3) is 0 Å². The highest BCUT2D eigenvalue weighted by atomic mass is 32.2. The maximum atomic E-state index is 12.9. The number of aromatic nitrogens is 2. The molecule has 0 saturated heterocycles. The van der Waals surface area contributed by atoms with Gasteiger partial charge in [0, 0.05) is 24.3 Å². The van der Waals surface area contributed by atoms with Crippen LogP contribution in [0.5, 0.6) is 0 Å². The molecule has 5 nitrogen and oxygen atoms in total. The van der Waals surface area contributed by atoms with Crippen molar-refractivity contribution in [2.24, 2.45) is 0 Å². The molecule has 1 heterocycles. The summed E-state index contributed by atoms with van der Waals surface area (Å²) in [4.78, 5) is 0.406. The SMILES string of the molecule is CCn1ncc(CNS(=O)(=O)c2c(C)c(C)c(C)c(C)c2C)c1C. The third-order valence-electron chi connectivity index (χ3n) is 5.16. The Morgan fingerprint density at radius 3 is 1.92 bits per heavy atom. The summed E-state index contributed by atoms with van der Waals surface area (Å²) in [7, 11) is -3.58. The van der Waals surface area contributed by atoms with Crippen molar-refractivity contribution in [2.45, 2.75) is 66.5 Å². The van der Waals surface area contributed by atoms with E-state index in [1.807, 2.05) is 53.1 Å². The third-order valence-corrected chi connectivity index (χ3v) is 6.83. The average molecular weight is 350 g/mol. The molecule has 0 aliphatic carbocycles. The summed E-state index contributed by atoms with van der Waals surface area (Å²) in [6.07, 6.45) is 1.73. The van der Waals surface area contributed by atoms with Crippen LogP contribution in [0, 0.1) is 41.5 Å². The van der Waals surface area contributed by atoms with E-state index in [4.69, 9.17) is 0 Å². The molecule has 0 radical (unpaired) electrons. The Balaban J connectivity index is 2.40. The Hall–Kier alpha value is -1.66. The van der Waals surface area contributed by atoms with Gasteiger partial charge in [-0.25, -0.2) is 13.1 Å². The number of hydrogen-bond donors (Lipinski definition) is 1. The summed E-state index contributed by atoms with van der Waals surface area (Å²) >= 11 is 0. The largest absolute Gasteiger partial charge is 0.270 e. The molecular formula is C18H27N3O2S. The molecular weight excluding hydrogens is 322 g/mol. The number of sulfonamides is 1. The van der Waals surface area contributed by atoms with Gasteiger partial charge in [-0.2, -0.15) is 5.10 Å². The molecule has 6 heteroatoms. The summed E-state index contributed by atoms with van der Waals surface area (Å²) in [5.41, 5.74) is 6.76. The average Bonchev–Trinajstić information content (AvgIpc) is 2.89. The third kappa shape index (κ3) is 3.13. The van der Waals surface area contributed by atoms with Crippen LogP contribution in [0.15, 0.2) is 11.1 Å². The van der Waals surface area contributed by atoms with Crippen molar-refractivity contribution in [2.75, 3.05) is 0 Å². The molecule has 0 saturated carbocycles. The highest BCUT2D eigenvalue weighted by molar-refractivity contribution is 7.89. The van der Waals surface area contributed by atoms with Gasteiger partial charge in [0.1, 0.15) is 0 Å². The molecule has 0 bridgehead atoms. The zero-order valence-electron chi connectivity index (χ0n) is 15.6. The summed E-state index contributed by atoms with van der Waals surface area (Å²) in [6.45, 7) is 14.7. The Bertz CT molecular complexity index is 851. The van der Waals surface area contributed by atoms with Crippen molar-refractivity contribution < 1.29 is 8.42 Å². The number of hydrogen-bond acceptors (Lipinski definition) is 3. The maximum absolute atomic E-state index is 12.9. The van der Waals surface area contributed by atoms with Crippen molar-refractivity contribution in [1.82, 2.24) is 14.5 Å². The van der Waals surface area contributed by atoms with Gasteiger partial charge >= 0.3 is 0 Å². The first-order chi connectivity index (χ1) is 11.1. The van der Waals surface area contributed by atoms with Crippen LogP contribution in [0.1, 0.15) is 46.0 Å². The van der Waals surface area contributed by atoms with E-state index in [2.05, 4.69) is 9.82 Å². The first-order valence-corrected chi connectivity index (χ1v) is 9.68. The number of aryl methyl sites for hydroxylation is 1. The van der Waals surface area contributed by atoms with Gasteiger partial charge in [0.05, 0.1) is 11.1 Å². The lowest BCUT2D eigenvalue weighted by Gasteiger charge is -2.19. The van der Waals surface area contributed by atoms with E-state index in [1.54, 1.807) is 6.20 Å². The fourth-order valence-electron chi connectivity index (χ4n) is 3.09. The van der Waals surface area contributed by atoms with Crippen LogP contribution in [0.2, 0.25) is 0 Å². The number of nitrogens with one attached hydrogen (secondary N) is 1. The number of benzene rings is 1. The van der Waals surface area contributed by atoms with Crippen LogP contribution in [0.3, 0.4) is 0 Å². The molecule has 0 aliphatic rings. The van der Waals surface area contributed by atoms with E-state index in [1.165, 1.54) is 0 Å². The summed E-state index contributed by atoms with van der Waals surface area (Å²) in [5.74, 6) is 0. The lowest BCUT2D eigenvalue weighted by molar-refractivity contribution is 0.579. The van der Waals surface area contributed by atoms with Crippen LogP contribution in [0.4, 0.5) is 0 Å². The zero-order valence-corrected chi connectivity index (χ0v) is 16.4. The van der Waals surface area contributed by atoms with E-state index in [0.717, 1.165) is 45.6 Å². The van der Waals surface area contributed by atoms with Gasteiger partial charge in [0.2, 0.25) is 10.0 Å². The molecule has 1 aromatic carbocycles. The fourth-order valence-corrected chi connectivity index (χ4v) is 4.69. The van der Waals surface area contributed by atoms with Crippen LogP contribution in [0.25, 0.3) is 0 Å². The van der Waals surface area contributed by atoms with Crippen molar-refractivity contribution >= 4 is 10.0 Å². The molecule has 0 spiro atoms. The van der Waals surface area contributed by atoms with Gasteiger partial charge in [-0.15, -0.1) is 0 Å². The fraction of sp³-hybridized carbons (Fsp3) is 0.500. The van der Waals surface area contributed by atoms with Gasteiger partial charge in [-0.05, 0) is 76.3 Å². The Kier molecular flexibility index (Phi) is 5.20. The standard InChI is InChI=1S/C18H27N3O2S/c1-8-21-16(7)17(9-19-21)10-20-24(22,23)18-14(5)12(3)11(2)13(4)15(18)6/h9,20H,8,10H2,1-7H3. The van der Waals surface area contributed by atoms with E-state index >= 15 is 0 Å². The summed E-state index contributed by atoms with van der Waals surface area (Å²) in [5, 5.41) is 4.26. The van der Waals surface area contributed by atoms with Crippen molar-refractivity contribution in [3.63, 3.8) is 0 Å². The second kappa shape index (κ2) is 6.69. The minimum Gasteiger partial charge on any atom is -0.270 e. The molecule has 0 atom stereocenters. The Morgan fingerprint density at radius 1 is 0.958 bits per heavy atom. The molecule has 2 rings (SSSR count). The molecule has 0 amide bonds. The smallest absolute Gasteiger partial charge is 0.241 e. The molecule has 1 aromatic heterocycles. The predicted molar refractivity (Wildman–Crippen MR) is 96.8 cm³/mol. The number of nitrogens with zero attached hydrogens (tertiary/aromatic N) is 2. The first kappa shape index (κ1) is 18.7. The van der Waals surface area contributed by atoms with E-state index in [-0.39, 0.29) is 6.54 Å². The topological polar surface area (TPSA) is 64.0 Å². The Labute approximate surface area is 145 Å². The van der Waals surface area contributed by atoms with Gasteiger partial charge in [-0.3, -0.25) is 4.68 Å². The zero-order chi connectivity index (χ0) is 18.2. The van der Waals surface area contributed by atoms with Crippen molar-refractivity contribution in [3.8, 4) is 0 Å². The Morgan fingerprint density at radius 2 is 1.46 bits per heavy atom. The minimum absolute atomic E-state index is 0.249. The second-order valence-electron chi connectivity index (χ2n) is 6.35. The van der Waals surface area contributed by atoms with Crippen LogP contribution in [-0.2, 0) is 23.1 Å². The summed E-state index contributed by atoms with van der Waals surface area (Å²) < 4.78 is 30.4. The van der Waals surface area contributed by atoms with Gasteiger partial charge in [-0.1, -0.05) is 0 Å². The van der Waals surface area contributed by atoms with Gasteiger partial charge < -0.3 is 0 Å². The number of rotatable bonds is 5. The second-order valence-corrected chi connectivity index (χ2v) is 8.05. The minimum atomic E-state index is -3.58. The molecule has 0 unspecified atom stereocenters. The molecule has 0 fully saturated rings. The first-order valence-electron chi connectivity index (χ1n) is 8.19. The lowest BCUT2D eigenvalue weighted by Crippen LogP contribution is -2.26. The highest BCUT2D eigenvalue weighted by Gasteiger charge is 2.23. The predicted octanol–water partition coefficient (Wildman–Crippen LogP) is 3.23. The molecule has 24 heavy (non-hydrogen) atoms. The highest BCUT2D eigenvalue weighted by Crippen LogP contribution is 2.29. The molecule has 132 valence electrons. The lowest BCUT2D eigenvalue weighted by atomic mass is 9.95. The molecule has 0 aliphatic heterocycles. The van der Waals surface area contributed by atoms with Crippen LogP contribution >= 0.6 is 0 Å². The summed E-state index contributed by atoms with van der Waals surface area (Å²) in [6, 6.07) is 0.